The van der Waals surface area contributed by atoms with Crippen molar-refractivity contribution >= 4 is 62.3 Å². The summed E-state index contributed by atoms with van der Waals surface area (Å²) in [6.07, 6.45) is 0.999. The van der Waals surface area contributed by atoms with Crippen LogP contribution < -0.4 is 9.62 Å². The zero-order valence-electron chi connectivity index (χ0n) is 22.5. The molecular weight excluding hydrogens is 593 g/mol. The second-order valence-electron chi connectivity index (χ2n) is 9.25. The van der Waals surface area contributed by atoms with Crippen molar-refractivity contribution in [1.82, 2.24) is 10.2 Å². The molecule has 1 N–H and O–H groups in total. The van der Waals surface area contributed by atoms with Gasteiger partial charge in [0.05, 0.1) is 20.6 Å². The van der Waals surface area contributed by atoms with Crippen LogP contribution in [0, 0.1) is 0 Å². The Kier molecular flexibility index (Phi) is 11.3. The minimum absolute atomic E-state index is 0.00651. The lowest BCUT2D eigenvalue weighted by Crippen LogP contribution is -2.53. The van der Waals surface area contributed by atoms with Crippen LogP contribution in [0.25, 0.3) is 0 Å². The van der Waals surface area contributed by atoms with Crippen molar-refractivity contribution in [2.24, 2.45) is 0 Å². The molecule has 0 unspecified atom stereocenters. The van der Waals surface area contributed by atoms with Gasteiger partial charge in [0.1, 0.15) is 12.6 Å². The highest BCUT2D eigenvalue weighted by Crippen LogP contribution is 2.35. The largest absolute Gasteiger partial charge is 0.352 e. The van der Waals surface area contributed by atoms with Gasteiger partial charge in [-0.2, -0.15) is 0 Å². The molecule has 0 saturated heterocycles. The van der Waals surface area contributed by atoms with Crippen LogP contribution in [-0.2, 0) is 26.2 Å². The van der Waals surface area contributed by atoms with E-state index in [1.165, 1.54) is 29.2 Å². The third-order valence-electron chi connectivity index (χ3n) is 6.50. The molecule has 0 saturated carbocycles. The van der Waals surface area contributed by atoms with Gasteiger partial charge in [0.15, 0.2) is 0 Å². The van der Waals surface area contributed by atoms with Crippen molar-refractivity contribution in [3.8, 4) is 0 Å². The summed E-state index contributed by atoms with van der Waals surface area (Å²) in [7, 11) is -4.26. The van der Waals surface area contributed by atoms with Crippen molar-refractivity contribution in [1.29, 1.82) is 0 Å². The second-order valence-corrected chi connectivity index (χ2v) is 12.3. The first kappa shape index (κ1) is 31.7. The van der Waals surface area contributed by atoms with Crippen molar-refractivity contribution in [3.63, 3.8) is 0 Å². The average Bonchev–Trinajstić information content (AvgIpc) is 2.94. The van der Waals surface area contributed by atoms with Crippen molar-refractivity contribution in [2.45, 2.75) is 57.1 Å². The van der Waals surface area contributed by atoms with Gasteiger partial charge in [-0.15, -0.1) is 0 Å². The zero-order valence-corrected chi connectivity index (χ0v) is 25.6. The number of hydrogen-bond acceptors (Lipinski definition) is 4. The van der Waals surface area contributed by atoms with Crippen LogP contribution >= 0.6 is 34.8 Å². The van der Waals surface area contributed by atoms with E-state index in [-0.39, 0.29) is 39.1 Å². The van der Waals surface area contributed by atoms with Gasteiger partial charge in [-0.25, -0.2) is 8.42 Å². The molecular formula is C29H32Cl3N3O4S. The SMILES string of the molecule is CC[C@@H](C)NC(=O)[C@@H](CC)N(Cc1ccccc1Cl)C(=O)CN(c1cccc(Cl)c1Cl)S(=O)(=O)c1ccccc1. The Morgan fingerprint density at radius 2 is 1.48 bits per heavy atom. The van der Waals surface area contributed by atoms with Gasteiger partial charge < -0.3 is 10.2 Å². The first-order valence-electron chi connectivity index (χ1n) is 12.9. The predicted molar refractivity (Wildman–Crippen MR) is 161 cm³/mol. The summed E-state index contributed by atoms with van der Waals surface area (Å²) in [5.74, 6) is -0.947. The Labute approximate surface area is 251 Å². The van der Waals surface area contributed by atoms with Crippen LogP contribution in [-0.4, -0.2) is 43.8 Å². The number of nitrogens with zero attached hydrogens (tertiary/aromatic N) is 2. The van der Waals surface area contributed by atoms with E-state index in [1.54, 1.807) is 55.5 Å². The lowest BCUT2D eigenvalue weighted by Gasteiger charge is -2.34. The first-order chi connectivity index (χ1) is 19.0. The molecule has 3 aromatic rings. The normalized spacial score (nSPS) is 12.8. The molecule has 3 rings (SSSR count). The molecule has 214 valence electrons. The first-order valence-corrected chi connectivity index (χ1v) is 15.4. The maximum Gasteiger partial charge on any atom is 0.264 e. The van der Waals surface area contributed by atoms with E-state index in [4.69, 9.17) is 34.8 Å². The lowest BCUT2D eigenvalue weighted by atomic mass is 10.1. The molecule has 2 amide bonds. The van der Waals surface area contributed by atoms with Gasteiger partial charge >= 0.3 is 0 Å². The number of hydrogen-bond donors (Lipinski definition) is 1. The fourth-order valence-corrected chi connectivity index (χ4v) is 6.18. The summed E-state index contributed by atoms with van der Waals surface area (Å²) in [6, 6.07) is 18.3. The van der Waals surface area contributed by atoms with E-state index in [2.05, 4.69) is 5.32 Å². The summed E-state index contributed by atoms with van der Waals surface area (Å²) < 4.78 is 28.7. The van der Waals surface area contributed by atoms with Crippen molar-refractivity contribution in [2.75, 3.05) is 10.8 Å². The smallest absolute Gasteiger partial charge is 0.264 e. The third-order valence-corrected chi connectivity index (χ3v) is 9.45. The molecule has 40 heavy (non-hydrogen) atoms. The molecule has 0 spiro atoms. The molecule has 0 heterocycles. The number of halogens is 3. The molecule has 0 aliphatic heterocycles. The minimum atomic E-state index is -4.26. The molecule has 0 fully saturated rings. The Morgan fingerprint density at radius 1 is 0.850 bits per heavy atom. The topological polar surface area (TPSA) is 86.8 Å². The highest BCUT2D eigenvalue weighted by atomic mass is 35.5. The van der Waals surface area contributed by atoms with Crippen LogP contribution in [0.3, 0.4) is 0 Å². The molecule has 0 radical (unpaired) electrons. The van der Waals surface area contributed by atoms with Gasteiger partial charge in [-0.3, -0.25) is 13.9 Å². The second kappa shape index (κ2) is 14.2. The molecule has 7 nitrogen and oxygen atoms in total. The lowest BCUT2D eigenvalue weighted by molar-refractivity contribution is -0.140. The number of carbonyl (C=O) groups is 2. The molecule has 0 aliphatic rings. The molecule has 0 bridgehead atoms. The Bertz CT molecular complexity index is 1440. The monoisotopic (exact) mass is 623 g/mol. The van der Waals surface area contributed by atoms with Crippen LogP contribution in [0.2, 0.25) is 15.1 Å². The summed E-state index contributed by atoms with van der Waals surface area (Å²) in [5, 5.41) is 3.47. The zero-order chi connectivity index (χ0) is 29.4. The van der Waals surface area contributed by atoms with Crippen LogP contribution in [0.1, 0.15) is 39.2 Å². The van der Waals surface area contributed by atoms with Gasteiger partial charge in [0.2, 0.25) is 11.8 Å². The predicted octanol–water partition coefficient (Wildman–Crippen LogP) is 6.56. The van der Waals surface area contributed by atoms with E-state index in [0.717, 1.165) is 4.31 Å². The maximum atomic E-state index is 14.1. The number of anilines is 1. The maximum absolute atomic E-state index is 14.1. The van der Waals surface area contributed by atoms with Gasteiger partial charge in [0.25, 0.3) is 10.0 Å². The van der Waals surface area contributed by atoms with E-state index in [0.29, 0.717) is 23.4 Å². The van der Waals surface area contributed by atoms with Gasteiger partial charge in [-0.05, 0) is 55.7 Å². The third kappa shape index (κ3) is 7.49. The van der Waals surface area contributed by atoms with Crippen LogP contribution in [0.5, 0.6) is 0 Å². The Morgan fingerprint density at radius 3 is 2.10 bits per heavy atom. The van der Waals surface area contributed by atoms with E-state index >= 15 is 0 Å². The van der Waals surface area contributed by atoms with Gasteiger partial charge in [-0.1, -0.05) is 91.1 Å². The Balaban J connectivity index is 2.10. The minimum Gasteiger partial charge on any atom is -0.352 e. The number of sulfonamides is 1. The molecule has 3 aromatic carbocycles. The van der Waals surface area contributed by atoms with Crippen LogP contribution in [0.15, 0.2) is 77.7 Å². The van der Waals surface area contributed by atoms with Crippen molar-refractivity contribution < 1.29 is 18.0 Å². The van der Waals surface area contributed by atoms with Crippen molar-refractivity contribution in [3.05, 3.63) is 93.4 Å². The molecule has 2 atom stereocenters. The fraction of sp³-hybridized carbons (Fsp3) is 0.310. The summed E-state index contributed by atoms with van der Waals surface area (Å²) >= 11 is 19.1. The number of amides is 2. The summed E-state index contributed by atoms with van der Waals surface area (Å²) in [6.45, 7) is 4.97. The number of carbonyl (C=O) groups excluding carboxylic acids is 2. The fourth-order valence-electron chi connectivity index (χ4n) is 4.09. The standard InChI is InChI=1S/C29H32Cl3N3O4S/c1-4-20(3)33-29(37)25(5-2)34(18-21-12-9-10-15-23(21)30)27(36)19-35(26-17-11-16-24(31)28(26)32)40(38,39)22-13-7-6-8-14-22/h6-17,20,25H,4-5,18-19H2,1-3H3,(H,33,37)/t20-,25-/m1/s1. The highest BCUT2D eigenvalue weighted by molar-refractivity contribution is 7.92. The summed E-state index contributed by atoms with van der Waals surface area (Å²) in [5.41, 5.74) is 0.659. The molecule has 0 aromatic heterocycles. The van der Waals surface area contributed by atoms with E-state index in [1.807, 2.05) is 13.8 Å². The number of rotatable bonds is 12. The Hall–Kier alpha value is -2.78. The number of nitrogens with one attached hydrogen (secondary N) is 1. The van der Waals surface area contributed by atoms with Crippen LogP contribution in [0.4, 0.5) is 5.69 Å². The quantitative estimate of drug-likeness (QED) is 0.247. The highest BCUT2D eigenvalue weighted by Gasteiger charge is 2.35. The molecule has 0 aliphatic carbocycles. The summed E-state index contributed by atoms with van der Waals surface area (Å²) in [4.78, 5) is 28.8. The van der Waals surface area contributed by atoms with E-state index in [9.17, 15) is 18.0 Å². The average molecular weight is 625 g/mol. The van der Waals surface area contributed by atoms with Gasteiger partial charge in [0, 0.05) is 17.6 Å². The van der Waals surface area contributed by atoms with E-state index < -0.39 is 28.5 Å². The molecule has 11 heteroatoms. The number of benzene rings is 3.